The van der Waals surface area contributed by atoms with Crippen LogP contribution in [0.2, 0.25) is 0 Å². The monoisotopic (exact) mass is 257 g/mol. The fourth-order valence-corrected chi connectivity index (χ4v) is 2.75. The van der Waals surface area contributed by atoms with Crippen LogP contribution < -0.4 is 10.5 Å². The first kappa shape index (κ1) is 12.4. The summed E-state index contributed by atoms with van der Waals surface area (Å²) in [7, 11) is 0. The van der Waals surface area contributed by atoms with Gasteiger partial charge in [-0.05, 0) is 38.7 Å². The van der Waals surface area contributed by atoms with Gasteiger partial charge in [-0.15, -0.1) is 5.10 Å². The van der Waals surface area contributed by atoms with Crippen molar-refractivity contribution in [1.29, 1.82) is 0 Å². The second kappa shape index (κ2) is 5.13. The summed E-state index contributed by atoms with van der Waals surface area (Å²) >= 11 is 0. The van der Waals surface area contributed by atoms with Gasteiger partial charge in [0.2, 0.25) is 5.88 Å². The minimum atomic E-state index is 0.171. The molecular formula is C15H19N3O. The van der Waals surface area contributed by atoms with E-state index in [0.29, 0.717) is 5.88 Å². The van der Waals surface area contributed by atoms with Crippen molar-refractivity contribution in [3.63, 3.8) is 0 Å². The minimum absolute atomic E-state index is 0.171. The zero-order valence-electron chi connectivity index (χ0n) is 11.2. The molecule has 100 valence electrons. The van der Waals surface area contributed by atoms with Crippen LogP contribution in [0, 0.1) is 6.92 Å². The second-order valence-corrected chi connectivity index (χ2v) is 5.30. The smallest absolute Gasteiger partial charge is 0.241 e. The van der Waals surface area contributed by atoms with Crippen LogP contribution in [-0.2, 0) is 0 Å². The molecule has 0 aliphatic heterocycles. The van der Waals surface area contributed by atoms with Crippen molar-refractivity contribution in [3.8, 4) is 5.88 Å². The van der Waals surface area contributed by atoms with Crippen molar-refractivity contribution in [1.82, 2.24) is 10.2 Å². The first-order valence-electron chi connectivity index (χ1n) is 6.88. The van der Waals surface area contributed by atoms with Crippen LogP contribution in [0.25, 0.3) is 10.8 Å². The Labute approximate surface area is 113 Å². The number of nitrogens with two attached hydrogens (primary N) is 1. The van der Waals surface area contributed by atoms with Crippen molar-refractivity contribution >= 4 is 10.8 Å². The number of nitrogens with zero attached hydrogens (tertiary/aromatic N) is 2. The fraction of sp³-hybridized carbons (Fsp3) is 0.467. The summed E-state index contributed by atoms with van der Waals surface area (Å²) in [6.45, 7) is 1.97. The molecule has 3 rings (SSSR count). The molecule has 1 aliphatic carbocycles. The molecule has 0 bridgehead atoms. The molecule has 1 fully saturated rings. The zero-order valence-corrected chi connectivity index (χ0v) is 11.2. The normalized spacial score (nSPS) is 23.5. The van der Waals surface area contributed by atoms with Gasteiger partial charge >= 0.3 is 0 Å². The van der Waals surface area contributed by atoms with Crippen LogP contribution >= 0.6 is 0 Å². The Bertz CT molecular complexity index is 585. The van der Waals surface area contributed by atoms with E-state index in [9.17, 15) is 0 Å². The van der Waals surface area contributed by atoms with Gasteiger partial charge in [-0.1, -0.05) is 18.2 Å². The average Bonchev–Trinajstić information content (AvgIpc) is 2.42. The summed E-state index contributed by atoms with van der Waals surface area (Å²) in [5.74, 6) is 0.639. The molecule has 1 aromatic carbocycles. The van der Waals surface area contributed by atoms with E-state index in [0.717, 1.165) is 42.1 Å². The molecule has 2 unspecified atom stereocenters. The summed E-state index contributed by atoms with van der Waals surface area (Å²) in [5.41, 5.74) is 6.93. The van der Waals surface area contributed by atoms with E-state index in [1.54, 1.807) is 0 Å². The van der Waals surface area contributed by atoms with E-state index in [4.69, 9.17) is 10.5 Å². The molecule has 0 radical (unpaired) electrons. The van der Waals surface area contributed by atoms with Gasteiger partial charge in [0.05, 0.1) is 5.69 Å². The SMILES string of the molecule is Cc1nnc(OC2CCCC(N)C2)c2ccccc12. The third kappa shape index (κ3) is 2.54. The Morgan fingerprint density at radius 2 is 1.95 bits per heavy atom. The topological polar surface area (TPSA) is 61.0 Å². The third-order valence-corrected chi connectivity index (χ3v) is 3.78. The van der Waals surface area contributed by atoms with Crippen molar-refractivity contribution in [2.75, 3.05) is 0 Å². The maximum Gasteiger partial charge on any atom is 0.241 e. The molecule has 2 N–H and O–H groups in total. The fourth-order valence-electron chi connectivity index (χ4n) is 2.75. The molecular weight excluding hydrogens is 238 g/mol. The van der Waals surface area contributed by atoms with Gasteiger partial charge in [0.15, 0.2) is 0 Å². The van der Waals surface area contributed by atoms with Gasteiger partial charge in [0.25, 0.3) is 0 Å². The van der Waals surface area contributed by atoms with Crippen molar-refractivity contribution in [2.24, 2.45) is 5.73 Å². The lowest BCUT2D eigenvalue weighted by atomic mass is 9.93. The molecule has 1 aliphatic rings. The Morgan fingerprint density at radius 1 is 1.16 bits per heavy atom. The number of hydrogen-bond donors (Lipinski definition) is 1. The molecule has 0 saturated heterocycles. The van der Waals surface area contributed by atoms with Crippen LogP contribution in [0.3, 0.4) is 0 Å². The summed E-state index contributed by atoms with van der Waals surface area (Å²) in [6, 6.07) is 8.36. The van der Waals surface area contributed by atoms with Gasteiger partial charge < -0.3 is 10.5 Å². The maximum atomic E-state index is 6.04. The molecule has 1 aromatic heterocycles. The predicted octanol–water partition coefficient (Wildman–Crippen LogP) is 2.59. The highest BCUT2D eigenvalue weighted by Gasteiger charge is 2.22. The highest BCUT2D eigenvalue weighted by Crippen LogP contribution is 2.28. The summed E-state index contributed by atoms with van der Waals surface area (Å²) < 4.78 is 6.04. The Balaban J connectivity index is 1.90. The number of ether oxygens (including phenoxy) is 1. The summed E-state index contributed by atoms with van der Waals surface area (Å²) in [4.78, 5) is 0. The Kier molecular flexibility index (Phi) is 3.34. The Hall–Kier alpha value is -1.68. The third-order valence-electron chi connectivity index (χ3n) is 3.78. The lowest BCUT2D eigenvalue weighted by molar-refractivity contribution is 0.139. The molecule has 1 heterocycles. The maximum absolute atomic E-state index is 6.04. The quantitative estimate of drug-likeness (QED) is 0.898. The van der Waals surface area contributed by atoms with E-state index in [-0.39, 0.29) is 12.1 Å². The van der Waals surface area contributed by atoms with Crippen molar-refractivity contribution in [3.05, 3.63) is 30.0 Å². The lowest BCUT2D eigenvalue weighted by Gasteiger charge is -2.27. The zero-order chi connectivity index (χ0) is 13.2. The second-order valence-electron chi connectivity index (χ2n) is 5.30. The van der Waals surface area contributed by atoms with Crippen LogP contribution in [0.5, 0.6) is 5.88 Å². The Morgan fingerprint density at radius 3 is 2.74 bits per heavy atom. The molecule has 2 aromatic rings. The number of fused-ring (bicyclic) bond motifs is 1. The highest BCUT2D eigenvalue weighted by atomic mass is 16.5. The van der Waals surface area contributed by atoms with Gasteiger partial charge in [0, 0.05) is 16.8 Å². The first-order chi connectivity index (χ1) is 9.24. The molecule has 4 nitrogen and oxygen atoms in total. The van der Waals surface area contributed by atoms with Crippen molar-refractivity contribution < 1.29 is 4.74 Å². The van der Waals surface area contributed by atoms with Gasteiger partial charge in [-0.2, -0.15) is 5.10 Å². The standard InChI is InChI=1S/C15H19N3O/c1-10-13-7-2-3-8-14(13)15(18-17-10)19-12-6-4-5-11(16)9-12/h2-3,7-8,11-12H,4-6,9,16H2,1H3. The van der Waals surface area contributed by atoms with Crippen LogP contribution in [0.1, 0.15) is 31.4 Å². The van der Waals surface area contributed by atoms with E-state index in [1.807, 2.05) is 25.1 Å². The van der Waals surface area contributed by atoms with E-state index in [2.05, 4.69) is 16.3 Å². The summed E-state index contributed by atoms with van der Waals surface area (Å²) in [5, 5.41) is 10.5. The van der Waals surface area contributed by atoms with Crippen LogP contribution in [-0.4, -0.2) is 22.3 Å². The molecule has 2 atom stereocenters. The number of aryl methyl sites for hydroxylation is 1. The van der Waals surface area contributed by atoms with Crippen LogP contribution in [0.15, 0.2) is 24.3 Å². The van der Waals surface area contributed by atoms with E-state index >= 15 is 0 Å². The minimum Gasteiger partial charge on any atom is -0.473 e. The molecule has 0 spiro atoms. The largest absolute Gasteiger partial charge is 0.473 e. The lowest BCUT2D eigenvalue weighted by Crippen LogP contribution is -2.34. The number of rotatable bonds is 2. The number of benzene rings is 1. The first-order valence-corrected chi connectivity index (χ1v) is 6.88. The average molecular weight is 257 g/mol. The van der Waals surface area contributed by atoms with E-state index in [1.165, 1.54) is 0 Å². The van der Waals surface area contributed by atoms with E-state index < -0.39 is 0 Å². The summed E-state index contributed by atoms with van der Waals surface area (Å²) in [6.07, 6.45) is 4.36. The highest BCUT2D eigenvalue weighted by molar-refractivity contribution is 5.88. The van der Waals surface area contributed by atoms with Gasteiger partial charge in [-0.25, -0.2) is 0 Å². The number of aromatic nitrogens is 2. The molecule has 0 amide bonds. The van der Waals surface area contributed by atoms with Gasteiger partial charge in [-0.3, -0.25) is 0 Å². The molecule has 19 heavy (non-hydrogen) atoms. The number of hydrogen-bond acceptors (Lipinski definition) is 4. The van der Waals surface area contributed by atoms with Crippen molar-refractivity contribution in [2.45, 2.75) is 44.8 Å². The van der Waals surface area contributed by atoms with Crippen LogP contribution in [0.4, 0.5) is 0 Å². The van der Waals surface area contributed by atoms with Gasteiger partial charge in [0.1, 0.15) is 6.10 Å². The molecule has 4 heteroatoms. The molecule has 1 saturated carbocycles. The predicted molar refractivity (Wildman–Crippen MR) is 75.1 cm³/mol.